The number of nitrogens with one attached hydrogen (secondary N) is 1. The molecule has 1 amide bonds. The number of aliphatic carboxylic acids is 1. The van der Waals surface area contributed by atoms with Crippen LogP contribution in [0.4, 0.5) is 0 Å². The van der Waals surface area contributed by atoms with Gasteiger partial charge in [0.1, 0.15) is 29.4 Å². The minimum atomic E-state index is -1.22. The van der Waals surface area contributed by atoms with E-state index in [4.69, 9.17) is 9.47 Å². The first-order chi connectivity index (χ1) is 21.7. The van der Waals surface area contributed by atoms with Gasteiger partial charge in [0.25, 0.3) is 0 Å². The second-order valence-electron chi connectivity index (χ2n) is 14.6. The molecular weight excluding hydrogens is 582 g/mol. The number of hydrogen-bond donors (Lipinski definition) is 2. The van der Waals surface area contributed by atoms with E-state index in [1.807, 2.05) is 20.8 Å². The predicted molar refractivity (Wildman–Crippen MR) is 182 cm³/mol. The molecule has 0 aromatic heterocycles. The van der Waals surface area contributed by atoms with Gasteiger partial charge >= 0.3 is 11.9 Å². The fraction of sp³-hybridized carbons (Fsp3) is 0.737. The minimum absolute atomic E-state index is 0.000308. The molecule has 1 heterocycles. The van der Waals surface area contributed by atoms with Crippen molar-refractivity contribution >= 4 is 24.1 Å². The fourth-order valence-electron chi connectivity index (χ4n) is 6.55. The van der Waals surface area contributed by atoms with Crippen LogP contribution in [0.3, 0.4) is 0 Å². The highest BCUT2D eigenvalue weighted by atomic mass is 16.5. The molecule has 0 unspecified atom stereocenters. The van der Waals surface area contributed by atoms with E-state index >= 15 is 0 Å². The van der Waals surface area contributed by atoms with Gasteiger partial charge in [0, 0.05) is 18.4 Å². The Morgan fingerprint density at radius 2 is 1.50 bits per heavy atom. The highest BCUT2D eigenvalue weighted by Crippen LogP contribution is 2.45. The molecule has 0 bridgehead atoms. The van der Waals surface area contributed by atoms with E-state index in [1.165, 1.54) is 44.9 Å². The van der Waals surface area contributed by atoms with E-state index in [-0.39, 0.29) is 31.3 Å². The molecule has 0 saturated carbocycles. The van der Waals surface area contributed by atoms with Crippen molar-refractivity contribution in [3.05, 3.63) is 22.3 Å². The first kappa shape index (κ1) is 39.3. The SMILES string of the molecule is Cc1c(C)c2c(c(C)c1OC(=O)CCC(=O)N[C@@H](CCC=O)C(=O)O)CC[C@@](C)(CCC[C@H](C)CCC[C@H](C)CCCC(C)C)O2. The number of ether oxygens (including phenoxy) is 2. The number of esters is 1. The monoisotopic (exact) mass is 643 g/mol. The summed E-state index contributed by atoms with van der Waals surface area (Å²) >= 11 is 0. The van der Waals surface area contributed by atoms with Crippen molar-refractivity contribution in [1.82, 2.24) is 5.32 Å². The van der Waals surface area contributed by atoms with Crippen LogP contribution in [0, 0.1) is 38.5 Å². The summed E-state index contributed by atoms with van der Waals surface area (Å²) < 4.78 is 12.5. The Morgan fingerprint density at radius 3 is 2.09 bits per heavy atom. The van der Waals surface area contributed by atoms with Crippen LogP contribution in [0.5, 0.6) is 11.5 Å². The number of hydrogen-bond acceptors (Lipinski definition) is 6. The summed E-state index contributed by atoms with van der Waals surface area (Å²) in [6.45, 7) is 17.5. The summed E-state index contributed by atoms with van der Waals surface area (Å²) in [5.41, 5.74) is 3.51. The molecule has 0 aliphatic carbocycles. The van der Waals surface area contributed by atoms with Crippen LogP contribution in [-0.2, 0) is 25.6 Å². The van der Waals surface area contributed by atoms with E-state index in [2.05, 4.69) is 39.9 Å². The molecule has 0 radical (unpaired) electrons. The van der Waals surface area contributed by atoms with Gasteiger partial charge in [-0.15, -0.1) is 0 Å². The van der Waals surface area contributed by atoms with Gasteiger partial charge in [-0.1, -0.05) is 72.6 Å². The average Bonchev–Trinajstić information content (AvgIpc) is 2.98. The smallest absolute Gasteiger partial charge is 0.326 e. The largest absolute Gasteiger partial charge is 0.487 e. The van der Waals surface area contributed by atoms with E-state index in [9.17, 15) is 24.3 Å². The number of amides is 1. The van der Waals surface area contributed by atoms with Crippen molar-refractivity contribution in [3.8, 4) is 11.5 Å². The van der Waals surface area contributed by atoms with Gasteiger partial charge < -0.3 is 24.7 Å². The highest BCUT2D eigenvalue weighted by Gasteiger charge is 2.35. The Morgan fingerprint density at radius 1 is 0.891 bits per heavy atom. The van der Waals surface area contributed by atoms with Gasteiger partial charge in [-0.3, -0.25) is 9.59 Å². The zero-order chi connectivity index (χ0) is 34.4. The van der Waals surface area contributed by atoms with Crippen molar-refractivity contribution in [2.24, 2.45) is 17.8 Å². The minimum Gasteiger partial charge on any atom is -0.487 e. The molecule has 0 saturated heterocycles. The highest BCUT2D eigenvalue weighted by molar-refractivity contribution is 5.86. The summed E-state index contributed by atoms with van der Waals surface area (Å²) in [4.78, 5) is 46.9. The molecule has 4 atom stereocenters. The van der Waals surface area contributed by atoms with Crippen LogP contribution >= 0.6 is 0 Å². The van der Waals surface area contributed by atoms with Crippen molar-refractivity contribution in [1.29, 1.82) is 0 Å². The van der Waals surface area contributed by atoms with Gasteiger partial charge in [0.05, 0.1) is 6.42 Å². The lowest BCUT2D eigenvalue weighted by Crippen LogP contribution is -2.41. The quantitative estimate of drug-likeness (QED) is 0.0785. The second-order valence-corrected chi connectivity index (χ2v) is 14.6. The zero-order valence-electron chi connectivity index (χ0n) is 29.9. The Kier molecular flexibility index (Phi) is 16.3. The molecule has 1 aromatic carbocycles. The number of aldehydes is 1. The van der Waals surface area contributed by atoms with Crippen LogP contribution in [0.25, 0.3) is 0 Å². The molecule has 1 aliphatic heterocycles. The number of rotatable bonds is 21. The number of carbonyl (C=O) groups is 4. The number of carboxylic acid groups (broad SMARTS) is 1. The maximum atomic E-state index is 12.7. The predicted octanol–water partition coefficient (Wildman–Crippen LogP) is 8.37. The topological polar surface area (TPSA) is 119 Å². The summed E-state index contributed by atoms with van der Waals surface area (Å²) in [5.74, 6) is 1.40. The van der Waals surface area contributed by atoms with E-state index in [1.54, 1.807) is 0 Å². The van der Waals surface area contributed by atoms with E-state index in [0.717, 1.165) is 71.4 Å². The van der Waals surface area contributed by atoms with Crippen molar-refractivity contribution in [3.63, 3.8) is 0 Å². The number of carboxylic acids is 1. The first-order valence-electron chi connectivity index (χ1n) is 17.7. The molecule has 2 N–H and O–H groups in total. The maximum Gasteiger partial charge on any atom is 0.326 e. The third-order valence-electron chi connectivity index (χ3n) is 9.82. The molecule has 2 rings (SSSR count). The van der Waals surface area contributed by atoms with E-state index < -0.39 is 23.9 Å². The standard InChI is InChI=1S/C38H61NO7/c1-25(2)13-9-14-26(3)15-10-16-27(4)17-11-22-38(8)23-21-31-30(7)35(28(5)29(6)36(31)46-38)45-34(42)20-19-33(41)39-32(37(43)44)18-12-24-40/h24-27,32H,9-23H2,1-8H3,(H,39,41)(H,43,44)/t26-,27-,32+,38-/m1/s1. The molecule has 8 nitrogen and oxygen atoms in total. The maximum absolute atomic E-state index is 12.7. The van der Waals surface area contributed by atoms with Crippen LogP contribution in [0.2, 0.25) is 0 Å². The zero-order valence-corrected chi connectivity index (χ0v) is 29.9. The Balaban J connectivity index is 1.89. The van der Waals surface area contributed by atoms with Crippen molar-refractivity contribution in [2.75, 3.05) is 0 Å². The summed E-state index contributed by atoms with van der Waals surface area (Å²) in [7, 11) is 0. The summed E-state index contributed by atoms with van der Waals surface area (Å²) in [6.07, 6.45) is 13.3. The molecule has 260 valence electrons. The van der Waals surface area contributed by atoms with E-state index in [0.29, 0.717) is 12.0 Å². The van der Waals surface area contributed by atoms with Gasteiger partial charge in [-0.25, -0.2) is 4.79 Å². The third kappa shape index (κ3) is 12.7. The summed E-state index contributed by atoms with van der Waals surface area (Å²) in [6, 6.07) is -1.17. The van der Waals surface area contributed by atoms with Crippen LogP contribution in [0.15, 0.2) is 0 Å². The number of benzene rings is 1. The van der Waals surface area contributed by atoms with Gasteiger partial charge in [0.2, 0.25) is 5.91 Å². The Hall–Kier alpha value is -2.90. The Labute approximate surface area is 277 Å². The van der Waals surface area contributed by atoms with Crippen LogP contribution < -0.4 is 14.8 Å². The first-order valence-corrected chi connectivity index (χ1v) is 17.7. The third-order valence-corrected chi connectivity index (χ3v) is 9.82. The number of fused-ring (bicyclic) bond motifs is 1. The lowest BCUT2D eigenvalue weighted by molar-refractivity contribution is -0.142. The molecule has 0 spiro atoms. The second kappa shape index (κ2) is 19.0. The van der Waals surface area contributed by atoms with Gasteiger partial charge in [-0.05, 0) is 94.2 Å². The summed E-state index contributed by atoms with van der Waals surface area (Å²) in [5, 5.41) is 11.6. The molecule has 8 heteroatoms. The molecular formula is C38H61NO7. The lowest BCUT2D eigenvalue weighted by atomic mass is 9.83. The van der Waals surface area contributed by atoms with Crippen LogP contribution in [0.1, 0.15) is 147 Å². The molecule has 1 aromatic rings. The van der Waals surface area contributed by atoms with Gasteiger partial charge in [0.15, 0.2) is 0 Å². The molecule has 46 heavy (non-hydrogen) atoms. The van der Waals surface area contributed by atoms with Crippen molar-refractivity contribution in [2.45, 2.75) is 163 Å². The number of carbonyl (C=O) groups excluding carboxylic acids is 3. The Bertz CT molecular complexity index is 1180. The van der Waals surface area contributed by atoms with Crippen molar-refractivity contribution < 1.29 is 33.8 Å². The molecule has 0 fully saturated rings. The molecule has 1 aliphatic rings. The normalized spacial score (nSPS) is 17.8. The lowest BCUT2D eigenvalue weighted by Gasteiger charge is -2.38. The van der Waals surface area contributed by atoms with Crippen LogP contribution in [-0.4, -0.2) is 40.9 Å². The average molecular weight is 644 g/mol. The van der Waals surface area contributed by atoms with Gasteiger partial charge in [-0.2, -0.15) is 0 Å². The fourth-order valence-corrected chi connectivity index (χ4v) is 6.55.